The maximum absolute atomic E-state index is 5.88. The van der Waals surface area contributed by atoms with Gasteiger partial charge in [-0.25, -0.2) is 0 Å². The Morgan fingerprint density at radius 3 is 3.08 bits per heavy atom. The van der Waals surface area contributed by atoms with E-state index >= 15 is 0 Å². The van der Waals surface area contributed by atoms with Crippen LogP contribution in [-0.4, -0.2) is 18.1 Å². The molecule has 0 fully saturated rings. The van der Waals surface area contributed by atoms with Crippen molar-refractivity contribution in [2.45, 2.75) is 6.42 Å². The van der Waals surface area contributed by atoms with Gasteiger partial charge in [-0.05, 0) is 30.7 Å². The van der Waals surface area contributed by atoms with E-state index in [1.54, 1.807) is 12.3 Å². The van der Waals surface area contributed by atoms with Crippen molar-refractivity contribution in [3.05, 3.63) is 35.1 Å². The van der Waals surface area contributed by atoms with Gasteiger partial charge in [0.2, 0.25) is 0 Å². The molecule has 3 heteroatoms. The summed E-state index contributed by atoms with van der Waals surface area (Å²) >= 11 is 5.88. The van der Waals surface area contributed by atoms with Gasteiger partial charge in [-0.1, -0.05) is 17.7 Å². The molecule has 0 saturated heterocycles. The molecule has 0 spiro atoms. The van der Waals surface area contributed by atoms with Crippen LogP contribution in [-0.2, 0) is 0 Å². The Hall–Kier alpha value is -0.860. The highest BCUT2D eigenvalue weighted by molar-refractivity contribution is 6.30. The summed E-state index contributed by atoms with van der Waals surface area (Å²) in [4.78, 5) is 4.28. The van der Waals surface area contributed by atoms with Crippen molar-refractivity contribution in [2.24, 2.45) is 0 Å². The molecule has 0 radical (unpaired) electrons. The third-order valence-electron chi connectivity index (χ3n) is 2.11. The van der Waals surface area contributed by atoms with Gasteiger partial charge in [0.15, 0.2) is 0 Å². The van der Waals surface area contributed by atoms with Crippen LogP contribution in [0.2, 0.25) is 5.02 Å². The lowest BCUT2D eigenvalue weighted by Gasteiger charge is -2.13. The first kappa shape index (κ1) is 8.73. The van der Waals surface area contributed by atoms with Crippen molar-refractivity contribution in [1.82, 2.24) is 10.3 Å². The molecule has 0 bridgehead atoms. The molecule has 0 aliphatic carbocycles. The van der Waals surface area contributed by atoms with E-state index in [9.17, 15) is 0 Å². The summed E-state index contributed by atoms with van der Waals surface area (Å²) < 4.78 is 0. The summed E-state index contributed by atoms with van der Waals surface area (Å²) in [6.07, 6.45) is 4.95. The van der Waals surface area contributed by atoms with Crippen LogP contribution >= 0.6 is 11.6 Å². The quantitative estimate of drug-likeness (QED) is 0.741. The summed E-state index contributed by atoms with van der Waals surface area (Å²) in [7, 11) is 0. The van der Waals surface area contributed by atoms with Crippen LogP contribution in [0.1, 0.15) is 12.1 Å². The molecule has 1 aromatic heterocycles. The fraction of sp³-hybridized carbons (Fsp3) is 0.300. The van der Waals surface area contributed by atoms with Crippen LogP contribution in [0.15, 0.2) is 24.4 Å². The van der Waals surface area contributed by atoms with Gasteiger partial charge in [-0.2, -0.15) is 0 Å². The van der Waals surface area contributed by atoms with Gasteiger partial charge in [-0.3, -0.25) is 4.98 Å². The maximum Gasteiger partial charge on any atom is 0.0674 e. The molecule has 68 valence electrons. The highest BCUT2D eigenvalue weighted by atomic mass is 35.5. The molecule has 2 heterocycles. The molecular weight excluding hydrogens is 184 g/mol. The third-order valence-corrected chi connectivity index (χ3v) is 2.35. The Morgan fingerprint density at radius 2 is 2.38 bits per heavy atom. The Balaban J connectivity index is 2.29. The molecule has 0 atom stereocenters. The zero-order valence-electron chi connectivity index (χ0n) is 7.26. The first-order valence-electron chi connectivity index (χ1n) is 4.38. The number of rotatable bonds is 1. The van der Waals surface area contributed by atoms with Gasteiger partial charge in [0, 0.05) is 17.8 Å². The van der Waals surface area contributed by atoms with Crippen LogP contribution in [0, 0.1) is 0 Å². The van der Waals surface area contributed by atoms with Gasteiger partial charge >= 0.3 is 0 Å². The molecule has 1 N–H and O–H groups in total. The van der Waals surface area contributed by atoms with Crippen molar-refractivity contribution in [1.29, 1.82) is 0 Å². The molecule has 0 amide bonds. The third kappa shape index (κ3) is 2.08. The number of nitrogens with zero attached hydrogens (tertiary/aromatic N) is 1. The van der Waals surface area contributed by atoms with Crippen LogP contribution in [0.5, 0.6) is 0 Å². The monoisotopic (exact) mass is 194 g/mol. The SMILES string of the molecule is Clc1ccnc(C2=CCNCC2)c1. The lowest BCUT2D eigenvalue weighted by atomic mass is 10.1. The highest BCUT2D eigenvalue weighted by Crippen LogP contribution is 2.19. The number of nitrogens with one attached hydrogen (secondary N) is 1. The number of aromatic nitrogens is 1. The normalized spacial score (nSPS) is 16.8. The Bertz CT molecular complexity index is 333. The molecule has 1 aliphatic heterocycles. The predicted molar refractivity (Wildman–Crippen MR) is 54.7 cm³/mol. The standard InChI is InChI=1S/C10H11ClN2/c11-9-3-6-13-10(7-9)8-1-4-12-5-2-8/h1,3,6-7,12H,2,4-5H2. The second-order valence-corrected chi connectivity index (χ2v) is 3.48. The van der Waals surface area contributed by atoms with Crippen LogP contribution in [0.3, 0.4) is 0 Å². The fourth-order valence-corrected chi connectivity index (χ4v) is 1.60. The average Bonchev–Trinajstić information content (AvgIpc) is 2.19. The number of hydrogen-bond acceptors (Lipinski definition) is 2. The van der Waals surface area contributed by atoms with Crippen LogP contribution < -0.4 is 5.32 Å². The molecule has 2 nitrogen and oxygen atoms in total. The van der Waals surface area contributed by atoms with E-state index in [1.165, 1.54) is 5.57 Å². The first-order valence-corrected chi connectivity index (χ1v) is 4.76. The second-order valence-electron chi connectivity index (χ2n) is 3.04. The molecule has 2 rings (SSSR count). The lowest BCUT2D eigenvalue weighted by molar-refractivity contribution is 0.737. The molecule has 0 aromatic carbocycles. The molecular formula is C10H11ClN2. The number of halogens is 1. The van der Waals surface area contributed by atoms with Crippen molar-refractivity contribution in [3.8, 4) is 0 Å². The van der Waals surface area contributed by atoms with Gasteiger partial charge < -0.3 is 5.32 Å². The van der Waals surface area contributed by atoms with E-state index in [0.717, 1.165) is 30.2 Å². The van der Waals surface area contributed by atoms with Gasteiger partial charge in [-0.15, -0.1) is 0 Å². The zero-order chi connectivity index (χ0) is 9.10. The zero-order valence-corrected chi connectivity index (χ0v) is 8.01. The highest BCUT2D eigenvalue weighted by Gasteiger charge is 2.06. The van der Waals surface area contributed by atoms with Crippen molar-refractivity contribution >= 4 is 17.2 Å². The summed E-state index contributed by atoms with van der Waals surface area (Å²) in [6, 6.07) is 3.71. The van der Waals surface area contributed by atoms with Gasteiger partial charge in [0.25, 0.3) is 0 Å². The van der Waals surface area contributed by atoms with E-state index in [-0.39, 0.29) is 0 Å². The Kier molecular flexibility index (Phi) is 2.62. The number of hydrogen-bond donors (Lipinski definition) is 1. The summed E-state index contributed by atoms with van der Waals surface area (Å²) in [6.45, 7) is 1.96. The Morgan fingerprint density at radius 1 is 1.46 bits per heavy atom. The Labute approximate surface area is 82.6 Å². The van der Waals surface area contributed by atoms with Crippen molar-refractivity contribution < 1.29 is 0 Å². The average molecular weight is 195 g/mol. The smallest absolute Gasteiger partial charge is 0.0674 e. The van der Waals surface area contributed by atoms with E-state index in [2.05, 4.69) is 16.4 Å². The molecule has 1 aromatic rings. The molecule has 1 aliphatic rings. The maximum atomic E-state index is 5.88. The van der Waals surface area contributed by atoms with Gasteiger partial charge in [0.1, 0.15) is 0 Å². The fourth-order valence-electron chi connectivity index (χ4n) is 1.44. The molecule has 13 heavy (non-hydrogen) atoms. The minimum absolute atomic E-state index is 0.754. The van der Waals surface area contributed by atoms with E-state index in [1.807, 2.05) is 6.07 Å². The van der Waals surface area contributed by atoms with Crippen LogP contribution in [0.4, 0.5) is 0 Å². The topological polar surface area (TPSA) is 24.9 Å². The summed E-state index contributed by atoms with van der Waals surface area (Å²) in [5, 5.41) is 4.02. The predicted octanol–water partition coefficient (Wildman–Crippen LogP) is 2.11. The van der Waals surface area contributed by atoms with Crippen molar-refractivity contribution in [2.75, 3.05) is 13.1 Å². The van der Waals surface area contributed by atoms with E-state index < -0.39 is 0 Å². The largest absolute Gasteiger partial charge is 0.313 e. The first-order chi connectivity index (χ1) is 6.36. The minimum Gasteiger partial charge on any atom is -0.313 e. The summed E-state index contributed by atoms with van der Waals surface area (Å²) in [5.41, 5.74) is 2.30. The second kappa shape index (κ2) is 3.90. The van der Waals surface area contributed by atoms with Gasteiger partial charge in [0.05, 0.1) is 5.69 Å². The van der Waals surface area contributed by atoms with Crippen molar-refractivity contribution in [3.63, 3.8) is 0 Å². The van der Waals surface area contributed by atoms with E-state index in [4.69, 9.17) is 11.6 Å². The molecule has 0 unspecified atom stereocenters. The molecule has 0 saturated carbocycles. The van der Waals surface area contributed by atoms with E-state index in [0.29, 0.717) is 0 Å². The minimum atomic E-state index is 0.754. The number of pyridine rings is 1. The summed E-state index contributed by atoms with van der Waals surface area (Å²) in [5.74, 6) is 0. The van der Waals surface area contributed by atoms with Crippen LogP contribution in [0.25, 0.3) is 5.57 Å². The lowest BCUT2D eigenvalue weighted by Crippen LogP contribution is -2.20.